The van der Waals surface area contributed by atoms with E-state index in [1.807, 2.05) is 23.1 Å². The van der Waals surface area contributed by atoms with Crippen molar-refractivity contribution in [3.63, 3.8) is 0 Å². The summed E-state index contributed by atoms with van der Waals surface area (Å²) in [4.78, 5) is 14.2. The Hall–Kier alpha value is -1.39. The van der Waals surface area contributed by atoms with E-state index in [2.05, 4.69) is 12.1 Å². The van der Waals surface area contributed by atoms with Crippen LogP contribution >= 0.6 is 0 Å². The lowest BCUT2D eigenvalue weighted by Gasteiger charge is -2.23. The number of ether oxygens (including phenoxy) is 1. The number of amides is 1. The van der Waals surface area contributed by atoms with Crippen LogP contribution in [0, 0.1) is 0 Å². The average Bonchev–Trinajstić information content (AvgIpc) is 2.97. The standard InChI is InChI=1S/C16H24N2O2/c17-9-11-18(10-8-14-5-2-1-3-6-14)16(19)13-15-7-4-12-20-15/h1-3,5-6,15H,4,7-13,17H2. The average molecular weight is 276 g/mol. The Balaban J connectivity index is 1.83. The smallest absolute Gasteiger partial charge is 0.225 e. The fourth-order valence-electron chi connectivity index (χ4n) is 2.55. The molecule has 20 heavy (non-hydrogen) atoms. The summed E-state index contributed by atoms with van der Waals surface area (Å²) in [7, 11) is 0. The zero-order valence-electron chi connectivity index (χ0n) is 12.0. The van der Waals surface area contributed by atoms with Gasteiger partial charge in [0.05, 0.1) is 12.5 Å². The molecule has 0 bridgehead atoms. The number of nitrogens with two attached hydrogens (primary N) is 1. The molecule has 1 aliphatic rings. The highest BCUT2D eigenvalue weighted by Gasteiger charge is 2.22. The van der Waals surface area contributed by atoms with Gasteiger partial charge in [0, 0.05) is 26.2 Å². The van der Waals surface area contributed by atoms with Gasteiger partial charge in [-0.1, -0.05) is 30.3 Å². The van der Waals surface area contributed by atoms with E-state index in [-0.39, 0.29) is 12.0 Å². The Bertz CT molecular complexity index is 402. The number of hydrogen-bond acceptors (Lipinski definition) is 3. The molecule has 0 aliphatic carbocycles. The molecule has 2 rings (SSSR count). The van der Waals surface area contributed by atoms with E-state index in [1.54, 1.807) is 0 Å². The second-order valence-corrected chi connectivity index (χ2v) is 5.24. The summed E-state index contributed by atoms with van der Waals surface area (Å²) < 4.78 is 5.54. The van der Waals surface area contributed by atoms with Crippen molar-refractivity contribution in [2.45, 2.75) is 31.8 Å². The number of rotatable bonds is 7. The molecule has 0 aromatic heterocycles. The molecule has 1 unspecified atom stereocenters. The van der Waals surface area contributed by atoms with Crippen LogP contribution in [0.15, 0.2) is 30.3 Å². The van der Waals surface area contributed by atoms with Crippen molar-refractivity contribution >= 4 is 5.91 Å². The molecular formula is C16H24N2O2. The molecule has 1 aromatic carbocycles. The zero-order chi connectivity index (χ0) is 14.2. The molecule has 4 heteroatoms. The molecule has 1 saturated heterocycles. The van der Waals surface area contributed by atoms with Gasteiger partial charge in [0.15, 0.2) is 0 Å². The molecule has 0 spiro atoms. The van der Waals surface area contributed by atoms with Crippen molar-refractivity contribution < 1.29 is 9.53 Å². The predicted octanol–water partition coefficient (Wildman–Crippen LogP) is 1.59. The fraction of sp³-hybridized carbons (Fsp3) is 0.562. The van der Waals surface area contributed by atoms with Crippen molar-refractivity contribution in [3.8, 4) is 0 Å². The lowest BCUT2D eigenvalue weighted by atomic mass is 10.1. The Morgan fingerprint density at radius 3 is 2.75 bits per heavy atom. The molecule has 1 aliphatic heterocycles. The minimum absolute atomic E-state index is 0.111. The van der Waals surface area contributed by atoms with Gasteiger partial charge in [-0.2, -0.15) is 0 Å². The minimum Gasteiger partial charge on any atom is -0.378 e. The monoisotopic (exact) mass is 276 g/mol. The van der Waals surface area contributed by atoms with Gasteiger partial charge in [-0.05, 0) is 24.8 Å². The molecule has 110 valence electrons. The van der Waals surface area contributed by atoms with Crippen molar-refractivity contribution in [3.05, 3.63) is 35.9 Å². The first-order chi connectivity index (χ1) is 9.79. The van der Waals surface area contributed by atoms with E-state index in [4.69, 9.17) is 10.5 Å². The van der Waals surface area contributed by atoms with Crippen LogP contribution in [-0.4, -0.2) is 43.2 Å². The highest BCUT2D eigenvalue weighted by Crippen LogP contribution is 2.16. The maximum absolute atomic E-state index is 12.3. The summed E-state index contributed by atoms with van der Waals surface area (Å²) in [5.41, 5.74) is 6.87. The molecule has 2 N–H and O–H groups in total. The van der Waals surface area contributed by atoms with Crippen LogP contribution in [0.25, 0.3) is 0 Å². The summed E-state index contributed by atoms with van der Waals surface area (Å²) in [5.74, 6) is 0.165. The largest absolute Gasteiger partial charge is 0.378 e. The molecule has 0 radical (unpaired) electrons. The Labute approximate surface area is 120 Å². The first-order valence-electron chi connectivity index (χ1n) is 7.43. The number of carbonyl (C=O) groups is 1. The van der Waals surface area contributed by atoms with E-state index in [9.17, 15) is 4.79 Å². The van der Waals surface area contributed by atoms with E-state index in [0.717, 1.165) is 32.4 Å². The fourth-order valence-corrected chi connectivity index (χ4v) is 2.55. The SMILES string of the molecule is NCCN(CCc1ccccc1)C(=O)CC1CCCO1. The Morgan fingerprint density at radius 1 is 1.30 bits per heavy atom. The maximum Gasteiger partial charge on any atom is 0.225 e. The number of hydrogen-bond donors (Lipinski definition) is 1. The van der Waals surface area contributed by atoms with Gasteiger partial charge in [0.25, 0.3) is 0 Å². The third kappa shape index (κ3) is 4.62. The molecule has 4 nitrogen and oxygen atoms in total. The van der Waals surface area contributed by atoms with Gasteiger partial charge >= 0.3 is 0 Å². The van der Waals surface area contributed by atoms with Crippen LogP contribution in [0.5, 0.6) is 0 Å². The first-order valence-corrected chi connectivity index (χ1v) is 7.43. The van der Waals surface area contributed by atoms with Crippen LogP contribution in [-0.2, 0) is 16.0 Å². The van der Waals surface area contributed by atoms with E-state index in [1.165, 1.54) is 5.56 Å². The summed E-state index contributed by atoms with van der Waals surface area (Å²) in [6.45, 7) is 2.65. The lowest BCUT2D eigenvalue weighted by molar-refractivity contribution is -0.133. The second kappa shape index (κ2) is 8.02. The van der Waals surface area contributed by atoms with Gasteiger partial charge < -0.3 is 15.4 Å². The van der Waals surface area contributed by atoms with Crippen molar-refractivity contribution in [1.82, 2.24) is 4.90 Å². The van der Waals surface area contributed by atoms with Gasteiger partial charge in [-0.25, -0.2) is 0 Å². The van der Waals surface area contributed by atoms with E-state index < -0.39 is 0 Å². The summed E-state index contributed by atoms with van der Waals surface area (Å²) in [6, 6.07) is 10.2. The third-order valence-corrected chi connectivity index (χ3v) is 3.69. The normalized spacial score (nSPS) is 18.1. The summed E-state index contributed by atoms with van der Waals surface area (Å²) >= 11 is 0. The number of carbonyl (C=O) groups excluding carboxylic acids is 1. The van der Waals surface area contributed by atoms with Crippen molar-refractivity contribution in [1.29, 1.82) is 0 Å². The van der Waals surface area contributed by atoms with E-state index >= 15 is 0 Å². The second-order valence-electron chi connectivity index (χ2n) is 5.24. The van der Waals surface area contributed by atoms with Crippen molar-refractivity contribution in [2.24, 2.45) is 5.73 Å². The van der Waals surface area contributed by atoms with Crippen LogP contribution in [0.4, 0.5) is 0 Å². The number of nitrogens with zero attached hydrogens (tertiary/aromatic N) is 1. The molecule has 1 amide bonds. The predicted molar refractivity (Wildman–Crippen MR) is 79.4 cm³/mol. The molecule has 0 saturated carbocycles. The quantitative estimate of drug-likeness (QED) is 0.822. The molecule has 1 atom stereocenters. The number of benzene rings is 1. The van der Waals surface area contributed by atoms with Gasteiger partial charge in [-0.15, -0.1) is 0 Å². The van der Waals surface area contributed by atoms with Crippen molar-refractivity contribution in [2.75, 3.05) is 26.2 Å². The zero-order valence-corrected chi connectivity index (χ0v) is 12.0. The summed E-state index contributed by atoms with van der Waals surface area (Å²) in [5, 5.41) is 0. The van der Waals surface area contributed by atoms with Gasteiger partial charge in [-0.3, -0.25) is 4.79 Å². The third-order valence-electron chi connectivity index (χ3n) is 3.69. The van der Waals surface area contributed by atoms with Crippen LogP contribution < -0.4 is 5.73 Å². The molecule has 1 heterocycles. The van der Waals surface area contributed by atoms with Crippen LogP contribution in [0.2, 0.25) is 0 Å². The molecule has 1 fully saturated rings. The minimum atomic E-state index is 0.111. The van der Waals surface area contributed by atoms with Gasteiger partial charge in [0.1, 0.15) is 0 Å². The summed E-state index contributed by atoms with van der Waals surface area (Å²) in [6.07, 6.45) is 3.55. The van der Waals surface area contributed by atoms with E-state index in [0.29, 0.717) is 19.5 Å². The topological polar surface area (TPSA) is 55.6 Å². The van der Waals surface area contributed by atoms with Crippen LogP contribution in [0.1, 0.15) is 24.8 Å². The highest BCUT2D eigenvalue weighted by molar-refractivity contribution is 5.76. The Morgan fingerprint density at radius 2 is 2.10 bits per heavy atom. The van der Waals surface area contributed by atoms with Crippen LogP contribution in [0.3, 0.4) is 0 Å². The molecular weight excluding hydrogens is 252 g/mol. The molecule has 1 aromatic rings. The maximum atomic E-state index is 12.3. The van der Waals surface area contributed by atoms with Gasteiger partial charge in [0.2, 0.25) is 5.91 Å². The highest BCUT2D eigenvalue weighted by atomic mass is 16.5. The lowest BCUT2D eigenvalue weighted by Crippen LogP contribution is -2.38. The Kier molecular flexibility index (Phi) is 6.02. The first kappa shape index (κ1) is 15.0.